The summed E-state index contributed by atoms with van der Waals surface area (Å²) < 4.78 is 39.0. The van der Waals surface area contributed by atoms with Crippen LogP contribution < -0.4 is 19.2 Å². The molecule has 3 rings (SSSR count). The Bertz CT molecular complexity index is 1230. The van der Waals surface area contributed by atoms with Crippen LogP contribution in [0.1, 0.15) is 5.56 Å². The van der Waals surface area contributed by atoms with Gasteiger partial charge in [0.25, 0.3) is 15.9 Å². The van der Waals surface area contributed by atoms with E-state index >= 15 is 0 Å². The Morgan fingerprint density at radius 3 is 2.36 bits per heavy atom. The normalized spacial score (nSPS) is 11.2. The average Bonchev–Trinajstić information content (AvgIpc) is 2.83. The lowest BCUT2D eigenvalue weighted by molar-refractivity contribution is -0.119. The standard InChI is InChI=1S/C23H22IN3O5S/c1-31-20-12-13-22(32-2)17(14-20)15-25-26-23(28)16-27(19-10-8-18(24)9-11-19)33(29,30)21-6-4-3-5-7-21/h3-15H,16H2,1-2H3,(H,26,28)/b25-15-. The molecule has 0 fully saturated rings. The van der Waals surface area contributed by atoms with Gasteiger partial charge in [0.2, 0.25) is 0 Å². The molecule has 172 valence electrons. The van der Waals surface area contributed by atoms with Gasteiger partial charge < -0.3 is 9.47 Å². The van der Waals surface area contributed by atoms with E-state index in [-0.39, 0.29) is 4.90 Å². The Morgan fingerprint density at radius 1 is 1.03 bits per heavy atom. The summed E-state index contributed by atoms with van der Waals surface area (Å²) in [5, 5.41) is 3.96. The predicted molar refractivity (Wildman–Crippen MR) is 135 cm³/mol. The topological polar surface area (TPSA) is 97.3 Å². The number of halogens is 1. The second-order valence-corrected chi connectivity index (χ2v) is 9.81. The first-order valence-corrected chi connectivity index (χ1v) is 12.2. The Kier molecular flexibility index (Phi) is 8.28. The minimum absolute atomic E-state index is 0.0842. The van der Waals surface area contributed by atoms with Crippen molar-refractivity contribution in [3.8, 4) is 11.5 Å². The highest BCUT2D eigenvalue weighted by Gasteiger charge is 2.27. The molecule has 10 heteroatoms. The molecule has 0 saturated carbocycles. The van der Waals surface area contributed by atoms with Crippen LogP contribution in [-0.4, -0.2) is 41.3 Å². The van der Waals surface area contributed by atoms with Crippen LogP contribution in [0.2, 0.25) is 0 Å². The molecule has 0 spiro atoms. The van der Waals surface area contributed by atoms with Crippen molar-refractivity contribution in [2.45, 2.75) is 4.90 Å². The van der Waals surface area contributed by atoms with E-state index in [2.05, 4.69) is 33.1 Å². The highest BCUT2D eigenvalue weighted by Crippen LogP contribution is 2.25. The number of nitrogens with zero attached hydrogens (tertiary/aromatic N) is 2. The monoisotopic (exact) mass is 579 g/mol. The van der Waals surface area contributed by atoms with Crippen molar-refractivity contribution in [3.63, 3.8) is 0 Å². The van der Waals surface area contributed by atoms with Crippen molar-refractivity contribution in [3.05, 3.63) is 81.9 Å². The lowest BCUT2D eigenvalue weighted by Crippen LogP contribution is -2.39. The molecule has 3 aromatic carbocycles. The van der Waals surface area contributed by atoms with Crippen molar-refractivity contribution < 1.29 is 22.7 Å². The first-order chi connectivity index (χ1) is 15.8. The number of amides is 1. The Hall–Kier alpha value is -3.12. The third-order valence-electron chi connectivity index (χ3n) is 4.56. The van der Waals surface area contributed by atoms with Crippen molar-refractivity contribution in [2.24, 2.45) is 5.10 Å². The minimum Gasteiger partial charge on any atom is -0.497 e. The fraction of sp³-hybridized carbons (Fsp3) is 0.130. The zero-order valence-electron chi connectivity index (χ0n) is 17.9. The number of hydrogen-bond donors (Lipinski definition) is 1. The van der Waals surface area contributed by atoms with E-state index in [1.54, 1.807) is 60.7 Å². The molecule has 0 saturated heterocycles. The molecule has 3 aromatic rings. The molecule has 0 aromatic heterocycles. The molecule has 0 atom stereocenters. The van der Waals surface area contributed by atoms with Gasteiger partial charge in [-0.15, -0.1) is 0 Å². The lowest BCUT2D eigenvalue weighted by atomic mass is 10.2. The summed E-state index contributed by atoms with van der Waals surface area (Å²) >= 11 is 2.13. The summed E-state index contributed by atoms with van der Waals surface area (Å²) in [5.41, 5.74) is 3.34. The van der Waals surface area contributed by atoms with Crippen LogP contribution in [0, 0.1) is 3.57 Å². The van der Waals surface area contributed by atoms with E-state index in [4.69, 9.17) is 9.47 Å². The summed E-state index contributed by atoms with van der Waals surface area (Å²) in [7, 11) is -0.920. The van der Waals surface area contributed by atoms with Gasteiger partial charge in [-0.3, -0.25) is 9.10 Å². The van der Waals surface area contributed by atoms with Gasteiger partial charge in [-0.2, -0.15) is 5.10 Å². The van der Waals surface area contributed by atoms with E-state index in [9.17, 15) is 13.2 Å². The van der Waals surface area contributed by atoms with Gasteiger partial charge in [0.1, 0.15) is 18.0 Å². The summed E-state index contributed by atoms with van der Waals surface area (Å²) in [6.07, 6.45) is 1.40. The zero-order valence-corrected chi connectivity index (χ0v) is 20.9. The third-order valence-corrected chi connectivity index (χ3v) is 7.07. The number of nitrogens with one attached hydrogen (secondary N) is 1. The number of ether oxygens (including phenoxy) is 2. The predicted octanol–water partition coefficient (Wildman–Crippen LogP) is 3.65. The molecule has 0 radical (unpaired) electrons. The van der Waals surface area contributed by atoms with Crippen LogP contribution in [0.25, 0.3) is 0 Å². The van der Waals surface area contributed by atoms with E-state index in [1.165, 1.54) is 32.6 Å². The van der Waals surface area contributed by atoms with Gasteiger partial charge in [-0.25, -0.2) is 13.8 Å². The van der Waals surface area contributed by atoms with Crippen LogP contribution in [0.3, 0.4) is 0 Å². The fourth-order valence-corrected chi connectivity index (χ4v) is 4.72. The van der Waals surface area contributed by atoms with Gasteiger partial charge >= 0.3 is 0 Å². The van der Waals surface area contributed by atoms with Gasteiger partial charge in [-0.05, 0) is 77.2 Å². The first kappa shape index (κ1) is 24.5. The number of hydrogen-bond acceptors (Lipinski definition) is 6. The number of hydrazone groups is 1. The summed E-state index contributed by atoms with van der Waals surface area (Å²) in [4.78, 5) is 12.7. The van der Waals surface area contributed by atoms with Crippen molar-refractivity contribution in [1.82, 2.24) is 5.43 Å². The van der Waals surface area contributed by atoms with E-state index in [0.717, 1.165) is 7.88 Å². The number of carbonyl (C=O) groups excluding carboxylic acids is 1. The highest BCUT2D eigenvalue weighted by molar-refractivity contribution is 14.1. The Morgan fingerprint density at radius 2 is 1.73 bits per heavy atom. The number of benzene rings is 3. The Labute approximate surface area is 206 Å². The lowest BCUT2D eigenvalue weighted by Gasteiger charge is -2.23. The maximum absolute atomic E-state index is 13.3. The molecule has 0 aliphatic rings. The van der Waals surface area contributed by atoms with Crippen molar-refractivity contribution >= 4 is 50.4 Å². The molecule has 1 amide bonds. The molecular weight excluding hydrogens is 557 g/mol. The number of anilines is 1. The quantitative estimate of drug-likeness (QED) is 0.237. The second kappa shape index (κ2) is 11.1. The third kappa shape index (κ3) is 6.23. The van der Waals surface area contributed by atoms with Gasteiger partial charge in [-0.1, -0.05) is 18.2 Å². The van der Waals surface area contributed by atoms with Gasteiger partial charge in [0, 0.05) is 9.13 Å². The van der Waals surface area contributed by atoms with Gasteiger partial charge in [0.15, 0.2) is 0 Å². The first-order valence-electron chi connectivity index (χ1n) is 9.72. The highest BCUT2D eigenvalue weighted by atomic mass is 127. The number of sulfonamides is 1. The molecule has 1 N–H and O–H groups in total. The largest absolute Gasteiger partial charge is 0.497 e. The van der Waals surface area contributed by atoms with Crippen LogP contribution in [0.5, 0.6) is 11.5 Å². The van der Waals surface area contributed by atoms with Crippen LogP contribution in [0.4, 0.5) is 5.69 Å². The summed E-state index contributed by atoms with van der Waals surface area (Å²) in [5.74, 6) is 0.537. The maximum atomic E-state index is 13.3. The SMILES string of the molecule is COc1ccc(OC)c(/C=N\NC(=O)CN(c2ccc(I)cc2)S(=O)(=O)c2ccccc2)c1. The molecule has 0 unspecified atom stereocenters. The number of carbonyl (C=O) groups is 1. The van der Waals surface area contributed by atoms with Crippen LogP contribution in [-0.2, 0) is 14.8 Å². The van der Waals surface area contributed by atoms with Gasteiger partial charge in [0.05, 0.1) is 31.0 Å². The van der Waals surface area contributed by atoms with E-state index in [0.29, 0.717) is 22.7 Å². The summed E-state index contributed by atoms with van der Waals surface area (Å²) in [6, 6.07) is 20.0. The number of rotatable bonds is 9. The zero-order chi connectivity index (χ0) is 23.8. The van der Waals surface area contributed by atoms with Crippen LogP contribution >= 0.6 is 22.6 Å². The number of methoxy groups -OCH3 is 2. The molecule has 0 bridgehead atoms. The summed E-state index contributed by atoms with van der Waals surface area (Å²) in [6.45, 7) is -0.454. The van der Waals surface area contributed by atoms with E-state index < -0.39 is 22.5 Å². The van der Waals surface area contributed by atoms with E-state index in [1.807, 2.05) is 0 Å². The van der Waals surface area contributed by atoms with Crippen LogP contribution in [0.15, 0.2) is 82.8 Å². The Balaban J connectivity index is 1.83. The fourth-order valence-electron chi connectivity index (χ4n) is 2.92. The molecule has 0 aliphatic heterocycles. The average molecular weight is 579 g/mol. The van der Waals surface area contributed by atoms with Crippen molar-refractivity contribution in [1.29, 1.82) is 0 Å². The maximum Gasteiger partial charge on any atom is 0.264 e. The molecule has 0 heterocycles. The second-order valence-electron chi connectivity index (χ2n) is 6.70. The minimum atomic E-state index is -3.98. The molecule has 0 aliphatic carbocycles. The smallest absolute Gasteiger partial charge is 0.264 e. The molecular formula is C23H22IN3O5S. The molecule has 8 nitrogen and oxygen atoms in total. The molecule has 33 heavy (non-hydrogen) atoms. The van der Waals surface area contributed by atoms with Crippen molar-refractivity contribution in [2.75, 3.05) is 25.1 Å².